The lowest BCUT2D eigenvalue weighted by atomic mass is 10.0. The fraction of sp³-hybridized carbons (Fsp3) is 0.321. The molecule has 0 atom stereocenters. The van der Waals surface area contributed by atoms with E-state index in [9.17, 15) is 4.79 Å². The maximum atomic E-state index is 13.4. The summed E-state index contributed by atoms with van der Waals surface area (Å²) in [5.41, 5.74) is 3.23. The minimum absolute atomic E-state index is 0.0577. The van der Waals surface area contributed by atoms with Gasteiger partial charge in [0.05, 0.1) is 6.61 Å². The molecular formula is C28H32BrN3O2. The second-order valence-corrected chi connectivity index (χ2v) is 9.55. The Balaban J connectivity index is 1.44. The van der Waals surface area contributed by atoms with Gasteiger partial charge in [-0.2, -0.15) is 0 Å². The predicted octanol–water partition coefficient (Wildman–Crippen LogP) is 6.55. The molecule has 1 fully saturated rings. The van der Waals surface area contributed by atoms with Crippen LogP contribution in [0.25, 0.3) is 0 Å². The Bertz CT molecular complexity index is 1030. The van der Waals surface area contributed by atoms with Crippen LogP contribution in [-0.2, 0) is 13.1 Å². The molecule has 1 aliphatic heterocycles. The van der Waals surface area contributed by atoms with Crippen molar-refractivity contribution >= 4 is 27.6 Å². The topological polar surface area (TPSA) is 44.8 Å². The minimum atomic E-state index is -0.0577. The fourth-order valence-corrected chi connectivity index (χ4v) is 4.64. The summed E-state index contributed by atoms with van der Waals surface area (Å²) in [7, 11) is 0. The van der Waals surface area contributed by atoms with Crippen molar-refractivity contribution in [3.05, 3.63) is 94.5 Å². The highest BCUT2D eigenvalue weighted by atomic mass is 79.9. The van der Waals surface area contributed by atoms with Crippen molar-refractivity contribution < 1.29 is 9.53 Å². The molecule has 0 unspecified atom stereocenters. The van der Waals surface area contributed by atoms with E-state index in [0.29, 0.717) is 13.2 Å². The maximum Gasteiger partial charge on any atom is 0.322 e. The maximum absolute atomic E-state index is 13.4. The summed E-state index contributed by atoms with van der Waals surface area (Å²) in [6.45, 7) is 6.10. The van der Waals surface area contributed by atoms with Crippen LogP contribution in [0, 0.1) is 0 Å². The van der Waals surface area contributed by atoms with Crippen molar-refractivity contribution in [2.24, 2.45) is 0 Å². The van der Waals surface area contributed by atoms with E-state index < -0.39 is 0 Å². The van der Waals surface area contributed by atoms with Gasteiger partial charge in [-0.05, 0) is 67.3 Å². The zero-order valence-corrected chi connectivity index (χ0v) is 21.2. The molecule has 0 bridgehead atoms. The summed E-state index contributed by atoms with van der Waals surface area (Å²) in [5.74, 6) is 0.853. The molecule has 0 aliphatic carbocycles. The number of nitrogens with one attached hydrogen (secondary N) is 1. The monoisotopic (exact) mass is 521 g/mol. The predicted molar refractivity (Wildman–Crippen MR) is 141 cm³/mol. The number of ether oxygens (including phenoxy) is 1. The zero-order chi connectivity index (χ0) is 23.8. The van der Waals surface area contributed by atoms with Crippen LogP contribution in [-0.4, -0.2) is 41.6 Å². The van der Waals surface area contributed by atoms with E-state index in [1.165, 1.54) is 5.56 Å². The van der Waals surface area contributed by atoms with Gasteiger partial charge >= 0.3 is 6.03 Å². The molecule has 1 aliphatic rings. The number of hydrogen-bond acceptors (Lipinski definition) is 3. The van der Waals surface area contributed by atoms with E-state index in [2.05, 4.69) is 68.6 Å². The lowest BCUT2D eigenvalue weighted by molar-refractivity contribution is 0.120. The molecule has 178 valence electrons. The van der Waals surface area contributed by atoms with Gasteiger partial charge < -0.3 is 15.0 Å². The number of rotatable bonds is 8. The number of urea groups is 1. The fourth-order valence-electron chi connectivity index (χ4n) is 4.38. The number of amides is 2. The van der Waals surface area contributed by atoms with Gasteiger partial charge in [0.25, 0.3) is 0 Å². The Labute approximate surface area is 210 Å². The second kappa shape index (κ2) is 12.0. The van der Waals surface area contributed by atoms with Crippen molar-refractivity contribution in [1.29, 1.82) is 0 Å². The van der Waals surface area contributed by atoms with E-state index >= 15 is 0 Å². The van der Waals surface area contributed by atoms with E-state index in [0.717, 1.165) is 53.9 Å². The molecule has 1 saturated heterocycles. The van der Waals surface area contributed by atoms with Crippen LogP contribution < -0.4 is 10.1 Å². The van der Waals surface area contributed by atoms with Crippen molar-refractivity contribution in [2.45, 2.75) is 38.9 Å². The minimum Gasteiger partial charge on any atom is -0.494 e. The summed E-state index contributed by atoms with van der Waals surface area (Å²) in [5, 5.41) is 3.10. The Morgan fingerprint density at radius 3 is 2.29 bits per heavy atom. The van der Waals surface area contributed by atoms with E-state index in [1.54, 1.807) is 0 Å². The third-order valence-corrected chi connectivity index (χ3v) is 6.72. The molecule has 34 heavy (non-hydrogen) atoms. The number of likely N-dealkylation sites (tertiary alicyclic amines) is 1. The molecule has 2 amide bonds. The zero-order valence-electron chi connectivity index (χ0n) is 19.6. The van der Waals surface area contributed by atoms with Crippen molar-refractivity contribution in [3.63, 3.8) is 0 Å². The van der Waals surface area contributed by atoms with Gasteiger partial charge in [0.15, 0.2) is 0 Å². The number of nitrogens with zero attached hydrogens (tertiary/aromatic N) is 2. The van der Waals surface area contributed by atoms with Crippen LogP contribution in [0.15, 0.2) is 83.3 Å². The average molecular weight is 522 g/mol. The Hall–Kier alpha value is -2.83. The number of benzene rings is 3. The third-order valence-electron chi connectivity index (χ3n) is 6.19. The van der Waals surface area contributed by atoms with Crippen LogP contribution in [0.5, 0.6) is 5.75 Å². The summed E-state index contributed by atoms with van der Waals surface area (Å²) in [6.07, 6.45) is 1.91. The molecule has 1 heterocycles. The molecule has 6 heteroatoms. The smallest absolute Gasteiger partial charge is 0.322 e. The standard InChI is InChI=1S/C28H32BrN3O2/c1-2-34-27-14-8-23(9-15-27)21-32(28(33)30-25-12-10-24(29)11-13-25)26-16-18-31(19-17-26)20-22-6-4-3-5-7-22/h3-15,26H,2,16-21H2,1H3,(H,30,33). The van der Waals surface area contributed by atoms with Crippen LogP contribution in [0.2, 0.25) is 0 Å². The highest BCUT2D eigenvalue weighted by Crippen LogP contribution is 2.23. The summed E-state index contributed by atoms with van der Waals surface area (Å²) >= 11 is 3.46. The van der Waals surface area contributed by atoms with Gasteiger partial charge in [0.1, 0.15) is 5.75 Å². The first-order chi connectivity index (χ1) is 16.6. The highest BCUT2D eigenvalue weighted by molar-refractivity contribution is 9.10. The normalized spacial score (nSPS) is 14.5. The molecule has 0 radical (unpaired) electrons. The van der Waals surface area contributed by atoms with E-state index in [4.69, 9.17) is 4.74 Å². The summed E-state index contributed by atoms with van der Waals surface area (Å²) in [4.78, 5) is 17.9. The molecule has 1 N–H and O–H groups in total. The molecule has 4 rings (SSSR count). The molecule has 0 aromatic heterocycles. The van der Waals surface area contributed by atoms with E-state index in [1.807, 2.05) is 48.2 Å². The Morgan fingerprint density at radius 2 is 1.65 bits per heavy atom. The highest BCUT2D eigenvalue weighted by Gasteiger charge is 2.28. The number of carbonyl (C=O) groups is 1. The third kappa shape index (κ3) is 6.84. The van der Waals surface area contributed by atoms with Gasteiger partial charge in [0.2, 0.25) is 0 Å². The number of halogens is 1. The van der Waals surface area contributed by atoms with Gasteiger partial charge in [0, 0.05) is 42.4 Å². The lowest BCUT2D eigenvalue weighted by Crippen LogP contribution is -2.48. The Morgan fingerprint density at radius 1 is 0.971 bits per heavy atom. The summed E-state index contributed by atoms with van der Waals surface area (Å²) in [6, 6.07) is 26.5. The lowest BCUT2D eigenvalue weighted by Gasteiger charge is -2.38. The first kappa shape index (κ1) is 24.3. The quantitative estimate of drug-likeness (QED) is 0.365. The number of carbonyl (C=O) groups excluding carboxylic acids is 1. The second-order valence-electron chi connectivity index (χ2n) is 8.63. The van der Waals surface area contributed by atoms with Crippen molar-refractivity contribution in [3.8, 4) is 5.75 Å². The molecule has 0 saturated carbocycles. The van der Waals surface area contributed by atoms with Gasteiger partial charge in [-0.25, -0.2) is 4.79 Å². The summed E-state index contributed by atoms with van der Waals surface area (Å²) < 4.78 is 6.57. The van der Waals surface area contributed by atoms with Crippen molar-refractivity contribution in [2.75, 3.05) is 25.0 Å². The van der Waals surface area contributed by atoms with Crippen LogP contribution >= 0.6 is 15.9 Å². The van der Waals surface area contributed by atoms with Gasteiger partial charge in [-0.15, -0.1) is 0 Å². The van der Waals surface area contributed by atoms with Crippen molar-refractivity contribution in [1.82, 2.24) is 9.80 Å². The van der Waals surface area contributed by atoms with Gasteiger partial charge in [-0.1, -0.05) is 58.4 Å². The number of anilines is 1. The molecular weight excluding hydrogens is 490 g/mol. The number of piperidine rings is 1. The van der Waals surface area contributed by atoms with Crippen LogP contribution in [0.1, 0.15) is 30.9 Å². The average Bonchev–Trinajstić information content (AvgIpc) is 2.86. The Kier molecular flexibility index (Phi) is 8.61. The first-order valence-electron chi connectivity index (χ1n) is 11.9. The first-order valence-corrected chi connectivity index (χ1v) is 12.7. The van der Waals surface area contributed by atoms with Gasteiger partial charge in [-0.3, -0.25) is 4.90 Å². The van der Waals surface area contributed by atoms with Crippen LogP contribution in [0.4, 0.5) is 10.5 Å². The SMILES string of the molecule is CCOc1ccc(CN(C(=O)Nc2ccc(Br)cc2)C2CCN(Cc3ccccc3)CC2)cc1. The molecule has 0 spiro atoms. The molecule has 3 aromatic carbocycles. The largest absolute Gasteiger partial charge is 0.494 e. The molecule has 3 aromatic rings. The van der Waals surface area contributed by atoms with Crippen LogP contribution in [0.3, 0.4) is 0 Å². The van der Waals surface area contributed by atoms with E-state index in [-0.39, 0.29) is 12.1 Å². The molecule has 5 nitrogen and oxygen atoms in total. The number of hydrogen-bond donors (Lipinski definition) is 1.